The largest absolute Gasteiger partial charge is 0.478 e. The molecule has 0 aliphatic heterocycles. The molecule has 8 nitrogen and oxygen atoms in total. The van der Waals surface area contributed by atoms with Crippen LogP contribution in [0, 0.1) is 6.92 Å². The summed E-state index contributed by atoms with van der Waals surface area (Å²) in [7, 11) is -4.28. The van der Waals surface area contributed by atoms with Crippen molar-refractivity contribution in [3.05, 3.63) is 65.9 Å². The predicted octanol–water partition coefficient (Wildman–Crippen LogP) is 2.87. The van der Waals surface area contributed by atoms with E-state index < -0.39 is 16.1 Å². The molecule has 3 rings (SSSR count). The molecule has 0 saturated heterocycles. The van der Waals surface area contributed by atoms with Gasteiger partial charge in [-0.15, -0.1) is 0 Å². The number of nitrogens with zero attached hydrogens (tertiary/aromatic N) is 2. The van der Waals surface area contributed by atoms with Crippen LogP contribution in [0.3, 0.4) is 0 Å². The van der Waals surface area contributed by atoms with Crippen LogP contribution in [0.15, 0.2) is 59.5 Å². The van der Waals surface area contributed by atoms with Gasteiger partial charge in [-0.1, -0.05) is 12.1 Å². The fourth-order valence-electron chi connectivity index (χ4n) is 2.46. The summed E-state index contributed by atoms with van der Waals surface area (Å²) in [5.41, 5.74) is 1.73. The number of carboxylic acid groups (broad SMARTS) is 1. The number of carbonyl (C=O) groups is 1. The van der Waals surface area contributed by atoms with Gasteiger partial charge >= 0.3 is 5.97 Å². The molecule has 26 heavy (non-hydrogen) atoms. The van der Waals surface area contributed by atoms with E-state index in [1.165, 1.54) is 35.0 Å². The van der Waals surface area contributed by atoms with E-state index in [-0.39, 0.29) is 10.5 Å². The van der Waals surface area contributed by atoms with Gasteiger partial charge in [0.05, 0.1) is 27.5 Å². The Morgan fingerprint density at radius 3 is 2.38 bits per heavy atom. The average molecular weight is 373 g/mol. The molecule has 9 heteroatoms. The number of rotatable bonds is 5. The van der Waals surface area contributed by atoms with Gasteiger partial charge in [-0.2, -0.15) is 13.5 Å². The molecule has 0 unspecified atom stereocenters. The van der Waals surface area contributed by atoms with Gasteiger partial charge in [0, 0.05) is 6.07 Å². The van der Waals surface area contributed by atoms with Crippen LogP contribution in [0.4, 0.5) is 11.5 Å². The Kier molecular flexibility index (Phi) is 4.49. The molecular weight excluding hydrogens is 358 g/mol. The smallest absolute Gasteiger partial charge is 0.337 e. The van der Waals surface area contributed by atoms with Crippen LogP contribution < -0.4 is 5.32 Å². The van der Waals surface area contributed by atoms with E-state index in [0.717, 1.165) is 0 Å². The number of hydrogen-bond donors (Lipinski definition) is 3. The van der Waals surface area contributed by atoms with Crippen LogP contribution in [-0.4, -0.2) is 33.8 Å². The first-order valence-electron chi connectivity index (χ1n) is 7.49. The number of anilines is 2. The number of benzene rings is 2. The zero-order valence-electron chi connectivity index (χ0n) is 13.6. The highest BCUT2D eigenvalue weighted by molar-refractivity contribution is 7.85. The maximum absolute atomic E-state index is 11.4. The Morgan fingerprint density at radius 2 is 1.77 bits per heavy atom. The summed E-state index contributed by atoms with van der Waals surface area (Å²) >= 11 is 0. The highest BCUT2D eigenvalue weighted by Crippen LogP contribution is 2.25. The molecule has 0 radical (unpaired) electrons. The van der Waals surface area contributed by atoms with Crippen LogP contribution in [0.2, 0.25) is 0 Å². The van der Waals surface area contributed by atoms with Crippen LogP contribution >= 0.6 is 0 Å². The molecule has 1 heterocycles. The highest BCUT2D eigenvalue weighted by Gasteiger charge is 2.14. The molecule has 2 aromatic carbocycles. The Morgan fingerprint density at radius 1 is 1.12 bits per heavy atom. The van der Waals surface area contributed by atoms with Crippen molar-refractivity contribution in [1.82, 2.24) is 9.78 Å². The Balaban J connectivity index is 2.01. The third-order valence-electron chi connectivity index (χ3n) is 3.63. The molecule has 3 N–H and O–H groups in total. The van der Waals surface area contributed by atoms with Gasteiger partial charge in [0.25, 0.3) is 10.1 Å². The summed E-state index contributed by atoms with van der Waals surface area (Å²) in [4.78, 5) is 11.1. The highest BCUT2D eigenvalue weighted by atomic mass is 32.2. The second kappa shape index (κ2) is 6.62. The lowest BCUT2D eigenvalue weighted by atomic mass is 10.2. The third-order valence-corrected chi connectivity index (χ3v) is 4.50. The molecule has 3 aromatic rings. The van der Waals surface area contributed by atoms with E-state index in [9.17, 15) is 18.3 Å². The molecule has 0 saturated carbocycles. The molecule has 0 amide bonds. The SMILES string of the molecule is Cc1cc(Nc2ccccc2C(=O)O)n(-c2ccc(S(=O)(=O)O)cc2)n1. The van der Waals surface area contributed by atoms with Crippen LogP contribution in [0.5, 0.6) is 0 Å². The molecule has 0 bridgehead atoms. The quantitative estimate of drug-likeness (QED) is 0.588. The summed E-state index contributed by atoms with van der Waals surface area (Å²) in [6, 6.07) is 13.7. The average Bonchev–Trinajstić information content (AvgIpc) is 2.95. The van der Waals surface area contributed by atoms with E-state index in [1.54, 1.807) is 31.2 Å². The minimum Gasteiger partial charge on any atom is -0.478 e. The van der Waals surface area contributed by atoms with Gasteiger partial charge in [-0.3, -0.25) is 4.55 Å². The zero-order valence-corrected chi connectivity index (χ0v) is 14.4. The zero-order chi connectivity index (χ0) is 18.9. The van der Waals surface area contributed by atoms with Gasteiger partial charge in [-0.25, -0.2) is 9.48 Å². The fourth-order valence-corrected chi connectivity index (χ4v) is 2.94. The lowest BCUT2D eigenvalue weighted by Gasteiger charge is -2.12. The van der Waals surface area contributed by atoms with Crippen molar-refractivity contribution in [3.8, 4) is 5.69 Å². The molecular formula is C17H15N3O5S. The Labute approximate surface area is 149 Å². The molecule has 0 spiro atoms. The number of hydrogen-bond acceptors (Lipinski definition) is 5. The van der Waals surface area contributed by atoms with Crippen molar-refractivity contribution in [2.75, 3.05) is 5.32 Å². The maximum Gasteiger partial charge on any atom is 0.337 e. The molecule has 134 valence electrons. The van der Waals surface area contributed by atoms with Gasteiger partial charge < -0.3 is 10.4 Å². The second-order valence-electron chi connectivity index (χ2n) is 5.53. The van der Waals surface area contributed by atoms with Crippen molar-refractivity contribution in [2.45, 2.75) is 11.8 Å². The second-order valence-corrected chi connectivity index (χ2v) is 6.95. The van der Waals surface area contributed by atoms with E-state index in [1.807, 2.05) is 0 Å². The molecule has 0 aliphatic carbocycles. The minimum atomic E-state index is -4.28. The van der Waals surface area contributed by atoms with Gasteiger partial charge in [0.1, 0.15) is 5.82 Å². The van der Waals surface area contributed by atoms with E-state index >= 15 is 0 Å². The van der Waals surface area contributed by atoms with Crippen molar-refractivity contribution in [2.24, 2.45) is 0 Å². The first-order chi connectivity index (χ1) is 12.3. The Bertz CT molecular complexity index is 1070. The third kappa shape index (κ3) is 3.58. The first kappa shape index (κ1) is 17.6. The lowest BCUT2D eigenvalue weighted by molar-refractivity contribution is 0.0698. The van der Waals surface area contributed by atoms with Gasteiger partial charge in [0.2, 0.25) is 0 Å². The van der Waals surface area contributed by atoms with Crippen molar-refractivity contribution < 1.29 is 22.9 Å². The van der Waals surface area contributed by atoms with Crippen molar-refractivity contribution in [3.63, 3.8) is 0 Å². The van der Waals surface area contributed by atoms with E-state index in [2.05, 4.69) is 10.4 Å². The molecule has 0 fully saturated rings. The summed E-state index contributed by atoms with van der Waals surface area (Å²) in [5.74, 6) is -0.552. The minimum absolute atomic E-state index is 0.111. The number of carboxylic acids is 1. The molecule has 0 aliphatic rings. The first-order valence-corrected chi connectivity index (χ1v) is 8.93. The lowest BCUT2D eigenvalue weighted by Crippen LogP contribution is -2.07. The normalized spacial score (nSPS) is 11.3. The molecule has 0 atom stereocenters. The van der Waals surface area contributed by atoms with Crippen LogP contribution in [0.25, 0.3) is 5.69 Å². The van der Waals surface area contributed by atoms with E-state index in [4.69, 9.17) is 4.55 Å². The Hall–Kier alpha value is -3.17. The van der Waals surface area contributed by atoms with Crippen LogP contribution in [0.1, 0.15) is 16.1 Å². The van der Waals surface area contributed by atoms with Gasteiger partial charge in [0.15, 0.2) is 0 Å². The standard InChI is InChI=1S/C17H15N3O5S/c1-11-10-16(18-15-5-3-2-4-14(15)17(21)22)20(19-11)12-6-8-13(9-7-12)26(23,24)25/h2-10,18H,1H3,(H,21,22)(H,23,24,25). The monoisotopic (exact) mass is 373 g/mol. The number of aromatic carboxylic acids is 1. The van der Waals surface area contributed by atoms with E-state index in [0.29, 0.717) is 22.9 Å². The van der Waals surface area contributed by atoms with Crippen LogP contribution in [-0.2, 0) is 10.1 Å². The summed E-state index contributed by atoms with van der Waals surface area (Å²) in [5, 5.41) is 16.7. The topological polar surface area (TPSA) is 122 Å². The van der Waals surface area contributed by atoms with Crippen molar-refractivity contribution >= 4 is 27.6 Å². The summed E-state index contributed by atoms with van der Waals surface area (Å²) in [6.07, 6.45) is 0. The number of aromatic nitrogens is 2. The maximum atomic E-state index is 11.4. The predicted molar refractivity (Wildman–Crippen MR) is 94.8 cm³/mol. The summed E-state index contributed by atoms with van der Waals surface area (Å²) < 4.78 is 32.9. The number of para-hydroxylation sites is 1. The van der Waals surface area contributed by atoms with Gasteiger partial charge in [-0.05, 0) is 43.3 Å². The fraction of sp³-hybridized carbons (Fsp3) is 0.0588. The van der Waals surface area contributed by atoms with Crippen molar-refractivity contribution in [1.29, 1.82) is 0 Å². The molecule has 1 aromatic heterocycles. The summed E-state index contributed by atoms with van der Waals surface area (Å²) in [6.45, 7) is 1.78. The number of aryl methyl sites for hydroxylation is 1. The number of nitrogens with one attached hydrogen (secondary N) is 1.